The Kier molecular flexibility index (Phi) is 7.42. The molecule has 0 aliphatic carbocycles. The lowest BCUT2D eigenvalue weighted by Gasteiger charge is -2.25. The van der Waals surface area contributed by atoms with Crippen molar-refractivity contribution in [2.75, 3.05) is 0 Å². The van der Waals surface area contributed by atoms with Gasteiger partial charge in [-0.1, -0.05) is 103 Å². The number of rotatable bonds is 5. The molecule has 0 saturated heterocycles. The summed E-state index contributed by atoms with van der Waals surface area (Å²) in [5.41, 5.74) is 12.6. The summed E-state index contributed by atoms with van der Waals surface area (Å²) in [6.07, 6.45) is 0. The zero-order valence-electron chi connectivity index (χ0n) is 29.8. The minimum Gasteiger partial charge on any atom is -0.455 e. The Bertz CT molecular complexity index is 2610. The van der Waals surface area contributed by atoms with Crippen LogP contribution >= 0.6 is 0 Å². The number of imidazole rings is 1. The Morgan fingerprint density at radius 2 is 1.38 bits per heavy atom. The van der Waals surface area contributed by atoms with Crippen molar-refractivity contribution >= 4 is 43.7 Å². The van der Waals surface area contributed by atoms with Crippen molar-refractivity contribution in [3.8, 4) is 34.3 Å². The van der Waals surface area contributed by atoms with Gasteiger partial charge in [-0.25, -0.2) is 4.98 Å². The first-order chi connectivity index (χ1) is 24.0. The topological polar surface area (TPSA) is 54.8 Å². The van der Waals surface area contributed by atoms with Crippen molar-refractivity contribution in [3.63, 3.8) is 0 Å². The Labute approximate surface area is 293 Å². The summed E-state index contributed by atoms with van der Waals surface area (Å²) < 4.78 is 9.44. The fourth-order valence-electron chi connectivity index (χ4n) is 7.59. The summed E-state index contributed by atoms with van der Waals surface area (Å²) >= 11 is 0. The minimum absolute atomic E-state index is 0.129. The van der Waals surface area contributed by atoms with Crippen LogP contribution in [0.2, 0.25) is 0 Å². The first kappa shape index (κ1) is 31.6. The maximum Gasteiger partial charge on any atom is 0.149 e. The van der Waals surface area contributed by atoms with Gasteiger partial charge in [-0.05, 0) is 105 Å². The monoisotopic (exact) mass is 651 g/mol. The maximum absolute atomic E-state index is 9.59. The van der Waals surface area contributed by atoms with Crippen molar-refractivity contribution in [3.05, 3.63) is 131 Å². The molecular weight excluding hydrogens is 611 g/mol. The molecule has 2 heterocycles. The quantitative estimate of drug-likeness (QED) is 0.186. The highest BCUT2D eigenvalue weighted by Crippen LogP contribution is 2.46. The number of hydrogen-bond donors (Lipinski definition) is 0. The molecule has 0 atom stereocenters. The van der Waals surface area contributed by atoms with E-state index in [1.54, 1.807) is 0 Å². The lowest BCUT2D eigenvalue weighted by Crippen LogP contribution is -2.12. The van der Waals surface area contributed by atoms with Crippen molar-refractivity contribution in [1.82, 2.24) is 9.55 Å². The Hall–Kier alpha value is -5.66. The number of nitriles is 1. The molecule has 0 aliphatic rings. The van der Waals surface area contributed by atoms with E-state index in [0.717, 1.165) is 55.1 Å². The van der Waals surface area contributed by atoms with Crippen molar-refractivity contribution < 1.29 is 4.42 Å². The van der Waals surface area contributed by atoms with E-state index in [9.17, 15) is 5.26 Å². The molecule has 0 fully saturated rings. The molecule has 0 amide bonds. The maximum atomic E-state index is 9.59. The van der Waals surface area contributed by atoms with Gasteiger partial charge in [-0.2, -0.15) is 5.26 Å². The number of aromatic nitrogens is 2. The van der Waals surface area contributed by atoms with Crippen molar-refractivity contribution in [2.24, 2.45) is 0 Å². The zero-order valence-corrected chi connectivity index (χ0v) is 29.8. The lowest BCUT2D eigenvalue weighted by molar-refractivity contribution is 0.595. The molecule has 0 unspecified atom stereocenters. The summed E-state index contributed by atoms with van der Waals surface area (Å²) in [7, 11) is 0. The number of fused-ring (bicyclic) bond motifs is 6. The van der Waals surface area contributed by atoms with Gasteiger partial charge in [0.15, 0.2) is 0 Å². The lowest BCUT2D eigenvalue weighted by atomic mass is 9.83. The third-order valence-corrected chi connectivity index (χ3v) is 10.1. The molecular formula is C46H41N3O. The van der Waals surface area contributed by atoms with E-state index in [1.165, 1.54) is 33.5 Å². The number of furan rings is 1. The van der Waals surface area contributed by atoms with E-state index in [2.05, 4.69) is 150 Å². The molecule has 4 heteroatoms. The highest BCUT2D eigenvalue weighted by Gasteiger charge is 2.28. The normalized spacial score (nSPS) is 12.2. The number of hydrogen-bond acceptors (Lipinski definition) is 3. The summed E-state index contributed by atoms with van der Waals surface area (Å²) in [6.45, 7) is 15.9. The second-order valence-corrected chi connectivity index (χ2v) is 15.1. The standard InChI is InChI=1S/C46H41N3O/c1-27(2)36-24-32(30-13-9-8-10-14-30)25-37(28(3)4)42(36)49-40-16-12-11-15-39(40)48-45(49)35-21-22-38(46(5,6)7)41-34-20-18-31-23-29(26-47)17-19-33(31)43(34)50-44(35)41/h8-25,27-28H,1-7H3. The van der Waals surface area contributed by atoms with Gasteiger partial charge >= 0.3 is 0 Å². The zero-order chi connectivity index (χ0) is 34.9. The molecule has 8 aromatic rings. The van der Waals surface area contributed by atoms with Crippen LogP contribution in [0.5, 0.6) is 0 Å². The largest absolute Gasteiger partial charge is 0.455 e. The van der Waals surface area contributed by atoms with Gasteiger partial charge in [0.05, 0.1) is 33.9 Å². The van der Waals surface area contributed by atoms with Gasteiger partial charge in [0.1, 0.15) is 17.0 Å². The van der Waals surface area contributed by atoms with Crippen molar-refractivity contribution in [1.29, 1.82) is 5.26 Å². The van der Waals surface area contributed by atoms with E-state index in [1.807, 2.05) is 18.2 Å². The SMILES string of the molecule is CC(C)c1cc(-c2ccccc2)cc(C(C)C)c1-n1c(-c2ccc(C(C)(C)C)c3c2oc2c4ccc(C#N)cc4ccc23)nc2ccccc21. The minimum atomic E-state index is -0.129. The molecule has 0 N–H and O–H groups in total. The fraction of sp³-hybridized carbons (Fsp3) is 0.217. The van der Waals surface area contributed by atoms with Crippen LogP contribution < -0.4 is 0 Å². The highest BCUT2D eigenvalue weighted by atomic mass is 16.3. The van der Waals surface area contributed by atoms with Gasteiger partial charge < -0.3 is 4.42 Å². The van der Waals surface area contributed by atoms with Crippen LogP contribution in [0.1, 0.15) is 82.6 Å². The van der Waals surface area contributed by atoms with Crippen LogP contribution in [0.25, 0.3) is 71.9 Å². The van der Waals surface area contributed by atoms with E-state index < -0.39 is 0 Å². The third-order valence-electron chi connectivity index (χ3n) is 10.1. The Morgan fingerprint density at radius 1 is 0.700 bits per heavy atom. The molecule has 4 nitrogen and oxygen atoms in total. The average molecular weight is 652 g/mol. The molecule has 0 spiro atoms. The van der Waals surface area contributed by atoms with Crippen LogP contribution in [-0.2, 0) is 5.41 Å². The number of nitrogens with zero attached hydrogens (tertiary/aromatic N) is 3. The summed E-state index contributed by atoms with van der Waals surface area (Å²) in [6, 6.07) is 40.8. The predicted octanol–water partition coefficient (Wildman–Crippen LogP) is 12.8. The predicted molar refractivity (Wildman–Crippen MR) is 208 cm³/mol. The van der Waals surface area contributed by atoms with Crippen LogP contribution in [0, 0.1) is 11.3 Å². The molecule has 50 heavy (non-hydrogen) atoms. The molecule has 246 valence electrons. The molecule has 2 aromatic heterocycles. The highest BCUT2D eigenvalue weighted by molar-refractivity contribution is 6.18. The summed E-state index contributed by atoms with van der Waals surface area (Å²) in [5.74, 6) is 1.39. The average Bonchev–Trinajstić information content (AvgIpc) is 3.69. The van der Waals surface area contributed by atoms with Crippen molar-refractivity contribution in [2.45, 2.75) is 65.7 Å². The van der Waals surface area contributed by atoms with Gasteiger partial charge in [-0.15, -0.1) is 0 Å². The van der Waals surface area contributed by atoms with E-state index in [0.29, 0.717) is 5.56 Å². The van der Waals surface area contributed by atoms with Gasteiger partial charge in [0.25, 0.3) is 0 Å². The van der Waals surface area contributed by atoms with Gasteiger partial charge in [-0.3, -0.25) is 4.57 Å². The smallest absolute Gasteiger partial charge is 0.149 e. The molecule has 0 aliphatic heterocycles. The molecule has 0 saturated carbocycles. The molecule has 0 bridgehead atoms. The third kappa shape index (κ3) is 5.00. The van der Waals surface area contributed by atoms with Crippen LogP contribution in [-0.4, -0.2) is 9.55 Å². The van der Waals surface area contributed by atoms with Crippen LogP contribution in [0.15, 0.2) is 114 Å². The molecule has 6 aromatic carbocycles. The van der Waals surface area contributed by atoms with Gasteiger partial charge in [0.2, 0.25) is 0 Å². The van der Waals surface area contributed by atoms with Crippen LogP contribution in [0.3, 0.4) is 0 Å². The fourth-order valence-corrected chi connectivity index (χ4v) is 7.59. The summed E-state index contributed by atoms with van der Waals surface area (Å²) in [5, 5.41) is 13.8. The second-order valence-electron chi connectivity index (χ2n) is 15.1. The summed E-state index contributed by atoms with van der Waals surface area (Å²) in [4.78, 5) is 5.40. The molecule has 0 radical (unpaired) electrons. The van der Waals surface area contributed by atoms with E-state index in [4.69, 9.17) is 9.40 Å². The first-order valence-corrected chi connectivity index (χ1v) is 17.6. The number of benzene rings is 6. The second kappa shape index (κ2) is 11.7. The van der Waals surface area contributed by atoms with E-state index >= 15 is 0 Å². The molecule has 8 rings (SSSR count). The Morgan fingerprint density at radius 3 is 2.06 bits per heavy atom. The number of para-hydroxylation sites is 2. The van der Waals surface area contributed by atoms with Crippen LogP contribution in [0.4, 0.5) is 0 Å². The Balaban J connectivity index is 1.50. The first-order valence-electron chi connectivity index (χ1n) is 17.6. The van der Waals surface area contributed by atoms with Gasteiger partial charge in [0, 0.05) is 16.2 Å². The van der Waals surface area contributed by atoms with E-state index in [-0.39, 0.29) is 17.3 Å².